The van der Waals surface area contributed by atoms with Gasteiger partial charge in [-0.15, -0.1) is 11.3 Å². The highest BCUT2D eigenvalue weighted by molar-refractivity contribution is 7.13. The van der Waals surface area contributed by atoms with Crippen LogP contribution in [0.2, 0.25) is 0 Å². The summed E-state index contributed by atoms with van der Waals surface area (Å²) in [4.78, 5) is 15.9. The first kappa shape index (κ1) is 10.1. The van der Waals surface area contributed by atoms with Crippen LogP contribution in [0.3, 0.4) is 0 Å². The fourth-order valence-corrected chi connectivity index (χ4v) is 1.83. The van der Waals surface area contributed by atoms with Crippen LogP contribution < -0.4 is 5.73 Å². The van der Waals surface area contributed by atoms with E-state index in [0.717, 1.165) is 5.01 Å². The number of esters is 1. The highest BCUT2D eigenvalue weighted by Gasteiger charge is 2.16. The Labute approximate surface area is 80.7 Å². The lowest BCUT2D eigenvalue weighted by atomic mass is 10.4. The Morgan fingerprint density at radius 2 is 2.31 bits per heavy atom. The maximum absolute atomic E-state index is 11.2. The molecule has 0 saturated heterocycles. The summed E-state index contributed by atoms with van der Waals surface area (Å²) in [5, 5.41) is 0.762. The summed E-state index contributed by atoms with van der Waals surface area (Å²) < 4.78 is 4.60. The molecule has 0 bridgehead atoms. The number of hydrogen-bond acceptors (Lipinski definition) is 5. The first-order valence-electron chi connectivity index (χ1n) is 3.87. The van der Waals surface area contributed by atoms with E-state index >= 15 is 0 Å². The Bertz CT molecular complexity index is 320. The number of aryl methyl sites for hydroxylation is 1. The molecule has 0 spiro atoms. The second kappa shape index (κ2) is 3.85. The van der Waals surface area contributed by atoms with Gasteiger partial charge in [0.05, 0.1) is 18.8 Å². The van der Waals surface area contributed by atoms with Crippen molar-refractivity contribution in [2.24, 2.45) is 5.73 Å². The number of carbonyl (C=O) groups excluding carboxylic acids is 1. The number of aromatic nitrogens is 1. The maximum Gasteiger partial charge on any atom is 0.349 e. The van der Waals surface area contributed by atoms with Gasteiger partial charge in [-0.25, -0.2) is 9.78 Å². The molecule has 0 aliphatic heterocycles. The summed E-state index contributed by atoms with van der Waals surface area (Å²) >= 11 is 1.29. The number of rotatable bonds is 2. The predicted molar refractivity (Wildman–Crippen MR) is 50.8 cm³/mol. The molecule has 0 saturated carbocycles. The van der Waals surface area contributed by atoms with Crippen LogP contribution in [-0.4, -0.2) is 18.1 Å². The first-order chi connectivity index (χ1) is 6.06. The van der Waals surface area contributed by atoms with Crippen molar-refractivity contribution in [3.05, 3.63) is 15.6 Å². The van der Waals surface area contributed by atoms with Crippen LogP contribution in [0.25, 0.3) is 0 Å². The van der Waals surface area contributed by atoms with Crippen molar-refractivity contribution >= 4 is 17.3 Å². The van der Waals surface area contributed by atoms with E-state index in [0.29, 0.717) is 10.6 Å². The third-order valence-corrected chi connectivity index (χ3v) is 2.91. The molecule has 1 aromatic rings. The lowest BCUT2D eigenvalue weighted by Crippen LogP contribution is -2.03. The Hall–Kier alpha value is -0.940. The van der Waals surface area contributed by atoms with Gasteiger partial charge in [0.2, 0.25) is 0 Å². The van der Waals surface area contributed by atoms with Crippen molar-refractivity contribution in [3.63, 3.8) is 0 Å². The minimum atomic E-state index is -0.345. The van der Waals surface area contributed by atoms with Crippen LogP contribution >= 0.6 is 11.3 Å². The van der Waals surface area contributed by atoms with Gasteiger partial charge in [-0.05, 0) is 13.8 Å². The van der Waals surface area contributed by atoms with E-state index in [1.807, 2.05) is 6.92 Å². The molecule has 0 radical (unpaired) electrons. The Balaban J connectivity index is 3.03. The summed E-state index contributed by atoms with van der Waals surface area (Å²) in [6.45, 7) is 3.61. The van der Waals surface area contributed by atoms with Crippen LogP contribution in [0.5, 0.6) is 0 Å². The molecular formula is C8H12N2O2S. The smallest absolute Gasteiger partial charge is 0.349 e. The van der Waals surface area contributed by atoms with Crippen molar-refractivity contribution in [2.45, 2.75) is 19.9 Å². The molecule has 72 valence electrons. The zero-order chi connectivity index (χ0) is 10.0. The predicted octanol–water partition coefficient (Wildman–Crippen LogP) is 1.26. The average molecular weight is 200 g/mol. The third kappa shape index (κ3) is 2.05. The molecule has 1 heterocycles. The van der Waals surface area contributed by atoms with E-state index in [2.05, 4.69) is 9.72 Å². The molecular weight excluding hydrogens is 188 g/mol. The number of thiazole rings is 1. The molecule has 1 aromatic heterocycles. The Morgan fingerprint density at radius 1 is 1.69 bits per heavy atom. The Kier molecular flexibility index (Phi) is 3.00. The maximum atomic E-state index is 11.2. The van der Waals surface area contributed by atoms with E-state index in [-0.39, 0.29) is 12.0 Å². The van der Waals surface area contributed by atoms with Crippen molar-refractivity contribution in [1.82, 2.24) is 4.98 Å². The highest BCUT2D eigenvalue weighted by atomic mass is 32.1. The molecule has 13 heavy (non-hydrogen) atoms. The molecule has 2 N–H and O–H groups in total. The molecule has 0 fully saturated rings. The summed E-state index contributed by atoms with van der Waals surface area (Å²) in [6, 6.07) is -0.137. The topological polar surface area (TPSA) is 65.2 Å². The summed E-state index contributed by atoms with van der Waals surface area (Å²) in [5.41, 5.74) is 6.32. The van der Waals surface area contributed by atoms with Gasteiger partial charge in [0.25, 0.3) is 0 Å². The zero-order valence-corrected chi connectivity index (χ0v) is 8.64. The summed E-state index contributed by atoms with van der Waals surface area (Å²) in [7, 11) is 1.35. The number of hydrogen-bond donors (Lipinski definition) is 1. The molecule has 4 nitrogen and oxygen atoms in total. The van der Waals surface area contributed by atoms with Crippen LogP contribution in [0.4, 0.5) is 0 Å². The van der Waals surface area contributed by atoms with Gasteiger partial charge >= 0.3 is 5.97 Å². The fraction of sp³-hybridized carbons (Fsp3) is 0.500. The molecule has 5 heteroatoms. The van der Waals surface area contributed by atoms with Crippen molar-refractivity contribution in [1.29, 1.82) is 0 Å². The van der Waals surface area contributed by atoms with Gasteiger partial charge in [0, 0.05) is 0 Å². The zero-order valence-electron chi connectivity index (χ0n) is 7.83. The molecule has 0 amide bonds. The van der Waals surface area contributed by atoms with E-state index in [9.17, 15) is 4.79 Å². The van der Waals surface area contributed by atoms with E-state index in [1.165, 1.54) is 18.4 Å². The standard InChI is InChI=1S/C8H12N2O2S/c1-4(9)7-10-5(2)6(13-7)8(11)12-3/h4H,9H2,1-3H3/t4-/m1/s1. The normalized spacial score (nSPS) is 12.6. The minimum absolute atomic E-state index is 0.137. The van der Waals surface area contributed by atoms with Crippen LogP contribution in [0.1, 0.15) is 33.3 Å². The van der Waals surface area contributed by atoms with E-state index in [4.69, 9.17) is 5.73 Å². The largest absolute Gasteiger partial charge is 0.465 e. The number of ether oxygens (including phenoxy) is 1. The van der Waals surface area contributed by atoms with Crippen molar-refractivity contribution in [2.75, 3.05) is 7.11 Å². The van der Waals surface area contributed by atoms with Gasteiger partial charge < -0.3 is 10.5 Å². The first-order valence-corrected chi connectivity index (χ1v) is 4.69. The van der Waals surface area contributed by atoms with Crippen LogP contribution in [0.15, 0.2) is 0 Å². The van der Waals surface area contributed by atoms with Gasteiger partial charge in [0.1, 0.15) is 9.88 Å². The van der Waals surface area contributed by atoms with Gasteiger partial charge in [-0.2, -0.15) is 0 Å². The molecule has 0 unspecified atom stereocenters. The van der Waals surface area contributed by atoms with Gasteiger partial charge in [0.15, 0.2) is 0 Å². The van der Waals surface area contributed by atoms with E-state index < -0.39 is 0 Å². The quantitative estimate of drug-likeness (QED) is 0.730. The average Bonchev–Trinajstić information content (AvgIpc) is 2.46. The second-order valence-corrected chi connectivity index (χ2v) is 3.78. The molecule has 1 atom stereocenters. The molecule has 0 aliphatic carbocycles. The lowest BCUT2D eigenvalue weighted by Gasteiger charge is -1.96. The third-order valence-electron chi connectivity index (χ3n) is 1.57. The van der Waals surface area contributed by atoms with Crippen LogP contribution in [0, 0.1) is 6.92 Å². The number of carbonyl (C=O) groups is 1. The monoisotopic (exact) mass is 200 g/mol. The lowest BCUT2D eigenvalue weighted by molar-refractivity contribution is 0.0605. The molecule has 1 rings (SSSR count). The number of nitrogens with zero attached hydrogens (tertiary/aromatic N) is 1. The van der Waals surface area contributed by atoms with Crippen molar-refractivity contribution in [3.8, 4) is 0 Å². The highest BCUT2D eigenvalue weighted by Crippen LogP contribution is 2.22. The van der Waals surface area contributed by atoms with Crippen LogP contribution in [-0.2, 0) is 4.74 Å². The van der Waals surface area contributed by atoms with Crippen molar-refractivity contribution < 1.29 is 9.53 Å². The number of nitrogens with two attached hydrogens (primary N) is 1. The second-order valence-electron chi connectivity index (χ2n) is 2.75. The van der Waals surface area contributed by atoms with Gasteiger partial charge in [-0.1, -0.05) is 0 Å². The number of methoxy groups -OCH3 is 1. The molecule has 0 aromatic carbocycles. The summed E-state index contributed by atoms with van der Waals surface area (Å²) in [5.74, 6) is -0.345. The fourth-order valence-electron chi connectivity index (χ4n) is 0.894. The Morgan fingerprint density at radius 3 is 2.69 bits per heavy atom. The minimum Gasteiger partial charge on any atom is -0.465 e. The molecule has 0 aliphatic rings. The van der Waals surface area contributed by atoms with E-state index in [1.54, 1.807) is 6.92 Å². The summed E-state index contributed by atoms with van der Waals surface area (Å²) in [6.07, 6.45) is 0. The SMILES string of the molecule is COC(=O)c1sc([C@@H](C)N)nc1C. The van der Waals surface area contributed by atoms with Gasteiger partial charge in [-0.3, -0.25) is 0 Å².